The summed E-state index contributed by atoms with van der Waals surface area (Å²) >= 11 is 1.53. The van der Waals surface area contributed by atoms with Crippen LogP contribution < -0.4 is 9.47 Å². The summed E-state index contributed by atoms with van der Waals surface area (Å²) in [5, 5.41) is 1.08. The fourth-order valence-corrected chi connectivity index (χ4v) is 5.35. The molecule has 0 amide bonds. The maximum absolute atomic E-state index is 13.8. The number of benzene rings is 3. The van der Waals surface area contributed by atoms with Gasteiger partial charge in [-0.25, -0.2) is 0 Å². The van der Waals surface area contributed by atoms with Crippen molar-refractivity contribution in [3.05, 3.63) is 83.2 Å². The van der Waals surface area contributed by atoms with Gasteiger partial charge in [-0.3, -0.25) is 4.79 Å². The minimum absolute atomic E-state index is 0.0138. The molecule has 0 saturated heterocycles. The van der Waals surface area contributed by atoms with Gasteiger partial charge in [-0.1, -0.05) is 56.3 Å². The molecule has 0 atom stereocenters. The van der Waals surface area contributed by atoms with Gasteiger partial charge in [0.25, 0.3) is 0 Å². The number of para-hydroxylation sites is 1. The van der Waals surface area contributed by atoms with Crippen molar-refractivity contribution >= 4 is 27.2 Å². The van der Waals surface area contributed by atoms with Crippen LogP contribution in [0.2, 0.25) is 0 Å². The maximum atomic E-state index is 13.8. The standard InChI is InChI=1S/C30H33NO3S/c1-5-31(6-2)19-20-33-23-17-15-22(16-18-23)28-25-12-8-10-14-27(25)35-30(28)29(32)24-11-7-9-13-26(24)34-21(3)4/h7-18,21H,5-6,19-20H2,1-4H3. The molecule has 1 aromatic heterocycles. The maximum Gasteiger partial charge on any atom is 0.207 e. The van der Waals surface area contributed by atoms with Gasteiger partial charge in [0, 0.05) is 22.2 Å². The largest absolute Gasteiger partial charge is 0.492 e. The van der Waals surface area contributed by atoms with E-state index in [2.05, 4.69) is 43.0 Å². The lowest BCUT2D eigenvalue weighted by atomic mass is 9.98. The second-order valence-corrected chi connectivity index (χ2v) is 9.75. The van der Waals surface area contributed by atoms with Crippen LogP contribution >= 0.6 is 11.3 Å². The second-order valence-electron chi connectivity index (χ2n) is 8.69. The molecule has 0 spiro atoms. The first kappa shape index (κ1) is 25.0. The topological polar surface area (TPSA) is 38.8 Å². The fourth-order valence-electron chi connectivity index (χ4n) is 4.18. The Hall–Kier alpha value is -3.15. The minimum atomic E-state index is -0.0167. The predicted octanol–water partition coefficient (Wildman–Crippen LogP) is 7.31. The highest BCUT2D eigenvalue weighted by Crippen LogP contribution is 2.41. The monoisotopic (exact) mass is 487 g/mol. The zero-order valence-electron chi connectivity index (χ0n) is 20.9. The summed E-state index contributed by atoms with van der Waals surface area (Å²) in [5.41, 5.74) is 2.55. The molecule has 0 aliphatic rings. The molecule has 0 N–H and O–H groups in total. The van der Waals surface area contributed by atoms with Crippen molar-refractivity contribution in [2.45, 2.75) is 33.8 Å². The van der Waals surface area contributed by atoms with Crippen LogP contribution in [-0.2, 0) is 0 Å². The summed E-state index contributed by atoms with van der Waals surface area (Å²) in [6, 6.07) is 23.8. The van der Waals surface area contributed by atoms with Crippen LogP contribution in [0.25, 0.3) is 21.2 Å². The van der Waals surface area contributed by atoms with Crippen LogP contribution in [0, 0.1) is 0 Å². The van der Waals surface area contributed by atoms with Crippen LogP contribution in [0.15, 0.2) is 72.8 Å². The third kappa shape index (κ3) is 5.75. The Labute approximate surface area is 212 Å². The Bertz CT molecular complexity index is 1270. The molecule has 35 heavy (non-hydrogen) atoms. The summed E-state index contributed by atoms with van der Waals surface area (Å²) in [7, 11) is 0. The minimum Gasteiger partial charge on any atom is -0.492 e. The molecule has 0 aliphatic heterocycles. The Balaban J connectivity index is 1.67. The Morgan fingerprint density at radius 1 is 0.914 bits per heavy atom. The van der Waals surface area contributed by atoms with Crippen molar-refractivity contribution in [1.29, 1.82) is 0 Å². The van der Waals surface area contributed by atoms with Gasteiger partial charge < -0.3 is 14.4 Å². The molecular weight excluding hydrogens is 454 g/mol. The molecule has 0 radical (unpaired) electrons. The summed E-state index contributed by atoms with van der Waals surface area (Å²) in [6.07, 6.45) is -0.0138. The molecule has 1 heterocycles. The third-order valence-corrected chi connectivity index (χ3v) is 7.18. The Morgan fingerprint density at radius 3 is 2.31 bits per heavy atom. The highest BCUT2D eigenvalue weighted by atomic mass is 32.1. The van der Waals surface area contributed by atoms with E-state index in [0.717, 1.165) is 51.5 Å². The van der Waals surface area contributed by atoms with Gasteiger partial charge in [0.05, 0.1) is 16.5 Å². The number of carbonyl (C=O) groups excluding carboxylic acids is 1. The fraction of sp³-hybridized carbons (Fsp3) is 0.300. The van der Waals surface area contributed by atoms with E-state index in [4.69, 9.17) is 9.47 Å². The van der Waals surface area contributed by atoms with Crippen molar-refractivity contribution in [2.24, 2.45) is 0 Å². The number of thiophene rings is 1. The zero-order valence-corrected chi connectivity index (χ0v) is 21.7. The Kier molecular flexibility index (Phi) is 8.21. The summed E-state index contributed by atoms with van der Waals surface area (Å²) in [4.78, 5) is 16.9. The molecule has 0 unspecified atom stereocenters. The van der Waals surface area contributed by atoms with Crippen molar-refractivity contribution in [1.82, 2.24) is 4.90 Å². The number of hydrogen-bond donors (Lipinski definition) is 0. The lowest BCUT2D eigenvalue weighted by Crippen LogP contribution is -2.27. The average molecular weight is 488 g/mol. The lowest BCUT2D eigenvalue weighted by molar-refractivity contribution is 0.103. The van der Waals surface area contributed by atoms with E-state index in [1.807, 2.05) is 62.4 Å². The molecule has 4 nitrogen and oxygen atoms in total. The first-order chi connectivity index (χ1) is 17.0. The van der Waals surface area contributed by atoms with Gasteiger partial charge in [0.1, 0.15) is 18.1 Å². The van der Waals surface area contributed by atoms with Crippen molar-refractivity contribution in [3.63, 3.8) is 0 Å². The van der Waals surface area contributed by atoms with E-state index in [-0.39, 0.29) is 11.9 Å². The number of hydrogen-bond acceptors (Lipinski definition) is 5. The number of rotatable bonds is 11. The van der Waals surface area contributed by atoms with Gasteiger partial charge in [0.2, 0.25) is 5.78 Å². The molecule has 0 aliphatic carbocycles. The van der Waals surface area contributed by atoms with Crippen molar-refractivity contribution in [3.8, 4) is 22.6 Å². The van der Waals surface area contributed by atoms with E-state index >= 15 is 0 Å². The van der Waals surface area contributed by atoms with E-state index in [1.165, 1.54) is 11.3 Å². The van der Waals surface area contributed by atoms with E-state index < -0.39 is 0 Å². The van der Waals surface area contributed by atoms with E-state index in [1.54, 1.807) is 0 Å². The summed E-state index contributed by atoms with van der Waals surface area (Å²) in [6.45, 7) is 11.9. The van der Waals surface area contributed by atoms with Gasteiger partial charge in [-0.2, -0.15) is 0 Å². The average Bonchev–Trinajstić information content (AvgIpc) is 3.26. The molecule has 4 aromatic rings. The lowest BCUT2D eigenvalue weighted by Gasteiger charge is -2.18. The SMILES string of the molecule is CCN(CC)CCOc1ccc(-c2c(C(=O)c3ccccc3OC(C)C)sc3ccccc23)cc1. The Morgan fingerprint density at radius 2 is 1.60 bits per heavy atom. The first-order valence-electron chi connectivity index (χ1n) is 12.3. The highest BCUT2D eigenvalue weighted by Gasteiger charge is 2.23. The van der Waals surface area contributed by atoms with E-state index in [9.17, 15) is 4.79 Å². The van der Waals surface area contributed by atoms with Gasteiger partial charge in [0.15, 0.2) is 0 Å². The van der Waals surface area contributed by atoms with Crippen LogP contribution in [0.1, 0.15) is 42.9 Å². The molecule has 0 bridgehead atoms. The van der Waals surface area contributed by atoms with E-state index in [0.29, 0.717) is 17.9 Å². The second kappa shape index (κ2) is 11.5. The molecule has 5 heteroatoms. The number of ketones is 1. The van der Waals surface area contributed by atoms with Crippen molar-refractivity contribution in [2.75, 3.05) is 26.2 Å². The molecule has 0 fully saturated rings. The van der Waals surface area contributed by atoms with Crippen LogP contribution in [0.3, 0.4) is 0 Å². The van der Waals surface area contributed by atoms with Gasteiger partial charge in [-0.05, 0) is 62.8 Å². The van der Waals surface area contributed by atoms with Crippen LogP contribution in [0.5, 0.6) is 11.5 Å². The quantitative estimate of drug-likeness (QED) is 0.208. The molecule has 0 saturated carbocycles. The smallest absolute Gasteiger partial charge is 0.207 e. The predicted molar refractivity (Wildman–Crippen MR) is 146 cm³/mol. The van der Waals surface area contributed by atoms with Crippen LogP contribution in [-0.4, -0.2) is 43.0 Å². The van der Waals surface area contributed by atoms with Gasteiger partial charge in [-0.15, -0.1) is 11.3 Å². The number of nitrogens with zero attached hydrogens (tertiary/aromatic N) is 1. The number of ether oxygens (including phenoxy) is 2. The molecular formula is C30H33NO3S. The van der Waals surface area contributed by atoms with Crippen molar-refractivity contribution < 1.29 is 14.3 Å². The summed E-state index contributed by atoms with van der Waals surface area (Å²) in [5.74, 6) is 1.44. The molecule has 182 valence electrons. The molecule has 3 aromatic carbocycles. The zero-order chi connectivity index (χ0) is 24.8. The third-order valence-electron chi connectivity index (χ3n) is 6.01. The molecule has 4 rings (SSSR count). The highest BCUT2D eigenvalue weighted by molar-refractivity contribution is 7.21. The number of fused-ring (bicyclic) bond motifs is 1. The number of likely N-dealkylation sites (N-methyl/N-ethyl adjacent to an activating group) is 1. The normalized spacial score (nSPS) is 11.4. The first-order valence-corrected chi connectivity index (χ1v) is 13.1. The van der Waals surface area contributed by atoms with Gasteiger partial charge >= 0.3 is 0 Å². The van der Waals surface area contributed by atoms with Crippen LogP contribution in [0.4, 0.5) is 0 Å². The number of carbonyl (C=O) groups is 1. The summed E-state index contributed by atoms with van der Waals surface area (Å²) < 4.78 is 13.0.